The van der Waals surface area contributed by atoms with Crippen LogP contribution < -0.4 is 9.83 Å². The summed E-state index contributed by atoms with van der Waals surface area (Å²) in [5.41, 5.74) is 0.442. The topological polar surface area (TPSA) is 43.4 Å². The van der Waals surface area contributed by atoms with E-state index in [1.165, 1.54) is 0 Å². The normalized spacial score (nSPS) is 9.75. The molecule has 0 saturated heterocycles. The summed E-state index contributed by atoms with van der Waals surface area (Å²) in [6, 6.07) is 4.71. The maximum absolute atomic E-state index is 10.4. The molecule has 0 saturated carbocycles. The van der Waals surface area contributed by atoms with Gasteiger partial charge >= 0.3 is 0 Å². The van der Waals surface area contributed by atoms with E-state index in [0.717, 1.165) is 0 Å². The van der Waals surface area contributed by atoms with Crippen LogP contribution in [-0.4, -0.2) is 6.29 Å². The zero-order valence-corrected chi connectivity index (χ0v) is 8.11. The van der Waals surface area contributed by atoms with Gasteiger partial charge in [-0.25, -0.2) is 0 Å². The van der Waals surface area contributed by atoms with Crippen molar-refractivity contribution in [2.45, 2.75) is 0 Å². The van der Waals surface area contributed by atoms with Crippen LogP contribution in [0.3, 0.4) is 0 Å². The molecule has 12 heavy (non-hydrogen) atoms. The summed E-state index contributed by atoms with van der Waals surface area (Å²) in [6.07, 6.45) is 0.685. The molecule has 3 nitrogen and oxygen atoms in total. The highest BCUT2D eigenvalue weighted by Crippen LogP contribution is 2.18. The lowest BCUT2D eigenvalue weighted by molar-refractivity contribution is 0.112. The number of aldehydes is 1. The zero-order valence-electron chi connectivity index (χ0n) is 6.06. The third-order valence-corrected chi connectivity index (χ3v) is 2.10. The van der Waals surface area contributed by atoms with E-state index in [2.05, 4.69) is 0 Å². The molecule has 0 aliphatic rings. The monoisotopic (exact) mass is 200 g/mol. The minimum atomic E-state index is -0.0828. The lowest BCUT2D eigenvalue weighted by atomic mass is 10.2. The van der Waals surface area contributed by atoms with Crippen molar-refractivity contribution in [3.05, 3.63) is 23.8 Å². The van der Waals surface area contributed by atoms with Crippen LogP contribution in [0.2, 0.25) is 0 Å². The average molecular weight is 200 g/mol. The smallest absolute Gasteiger partial charge is 0.192 e. The molecule has 0 heterocycles. The second kappa shape index (κ2) is 4.30. The number of rotatable bonds is 3. The zero-order chi connectivity index (χ0) is 8.97. The molecule has 0 N–H and O–H groups in total. The first-order chi connectivity index (χ1) is 5.81. The summed E-state index contributed by atoms with van der Waals surface area (Å²) in [6.45, 7) is 0. The Bertz CT molecular complexity index is 312. The third-order valence-electron chi connectivity index (χ3n) is 1.36. The number of benzene rings is 1. The van der Waals surface area contributed by atoms with Crippen molar-refractivity contribution in [1.82, 2.24) is 0 Å². The van der Waals surface area contributed by atoms with Crippen LogP contribution in [-0.2, 0) is 4.57 Å². The number of carbonyl (C=O) groups is 1. The van der Waals surface area contributed by atoms with E-state index < -0.39 is 0 Å². The van der Waals surface area contributed by atoms with Gasteiger partial charge in [0.25, 0.3) is 0 Å². The fourth-order valence-corrected chi connectivity index (χ4v) is 1.29. The Morgan fingerprint density at radius 3 is 2.75 bits per heavy atom. The Morgan fingerprint density at radius 1 is 1.50 bits per heavy atom. The summed E-state index contributed by atoms with van der Waals surface area (Å²) in [5.74, 6) is 0.413. The van der Waals surface area contributed by atoms with E-state index >= 15 is 0 Å². The van der Waals surface area contributed by atoms with Gasteiger partial charge in [0.05, 0.1) is 15.0 Å². The molecule has 0 spiro atoms. The molecule has 0 bridgehead atoms. The molecule has 1 aromatic carbocycles. The molecular weight excluding hydrogens is 194 g/mol. The maximum Gasteiger partial charge on any atom is 0.192 e. The highest BCUT2D eigenvalue weighted by atomic mass is 31.1. The molecule has 0 radical (unpaired) electrons. The van der Waals surface area contributed by atoms with Gasteiger partial charge in [0.1, 0.15) is 5.75 Å². The van der Waals surface area contributed by atoms with E-state index in [1.54, 1.807) is 18.2 Å². The second-order valence-corrected chi connectivity index (χ2v) is 2.98. The quantitative estimate of drug-likeness (QED) is 0.549. The predicted molar refractivity (Wildman–Crippen MR) is 49.4 cm³/mol. The summed E-state index contributed by atoms with van der Waals surface area (Å²) >= 11 is 0. The van der Waals surface area contributed by atoms with Crippen LogP contribution >= 0.6 is 17.9 Å². The highest BCUT2D eigenvalue weighted by molar-refractivity contribution is 7.34. The van der Waals surface area contributed by atoms with Crippen molar-refractivity contribution in [1.29, 1.82) is 0 Å². The lowest BCUT2D eigenvalue weighted by Gasteiger charge is -2.01. The largest absolute Gasteiger partial charge is 0.480 e. The van der Waals surface area contributed by atoms with Crippen molar-refractivity contribution >= 4 is 29.5 Å². The third kappa shape index (κ3) is 1.88. The van der Waals surface area contributed by atoms with Crippen molar-refractivity contribution in [3.8, 4) is 5.75 Å². The lowest BCUT2D eigenvalue weighted by Crippen LogP contribution is -1.94. The molecule has 1 aromatic rings. The van der Waals surface area contributed by atoms with Crippen molar-refractivity contribution in [2.24, 2.45) is 0 Å². The number of carbonyl (C=O) groups excluding carboxylic acids is 1. The summed E-state index contributed by atoms with van der Waals surface area (Å²) < 4.78 is 15.2. The molecule has 1 atom stereocenters. The van der Waals surface area contributed by atoms with Crippen LogP contribution in [0.5, 0.6) is 5.75 Å². The van der Waals surface area contributed by atoms with E-state index in [1.807, 2.05) is 9.47 Å². The number of hydrogen-bond donors (Lipinski definition) is 0. The molecule has 0 aliphatic carbocycles. The Labute approximate surface area is 73.6 Å². The fraction of sp³-hybridized carbons (Fsp3) is 0. The second-order valence-electron chi connectivity index (χ2n) is 2.05. The number of hydrogen-bond acceptors (Lipinski definition) is 3. The summed E-state index contributed by atoms with van der Waals surface area (Å²) in [5, 5.41) is 0.582. The molecular formula is C7H6O3P2. The van der Waals surface area contributed by atoms with Gasteiger partial charge in [0, 0.05) is 5.30 Å². The van der Waals surface area contributed by atoms with Crippen LogP contribution in [0.25, 0.3) is 0 Å². The van der Waals surface area contributed by atoms with Gasteiger partial charge in [-0.05, 0) is 18.2 Å². The van der Waals surface area contributed by atoms with Gasteiger partial charge in [0.15, 0.2) is 14.7 Å². The van der Waals surface area contributed by atoms with Gasteiger partial charge in [-0.15, -0.1) is 0 Å². The first-order valence-corrected chi connectivity index (χ1v) is 4.39. The molecule has 1 rings (SSSR count). The summed E-state index contributed by atoms with van der Waals surface area (Å²) in [4.78, 5) is 10.4. The van der Waals surface area contributed by atoms with Crippen LogP contribution in [0.1, 0.15) is 10.4 Å². The summed E-state index contributed by atoms with van der Waals surface area (Å²) in [7, 11) is 1.95. The minimum absolute atomic E-state index is 0.0828. The predicted octanol–water partition coefficient (Wildman–Crippen LogP) is 1.58. The van der Waals surface area contributed by atoms with Crippen LogP contribution in [0.4, 0.5) is 0 Å². The Morgan fingerprint density at radius 2 is 2.25 bits per heavy atom. The molecule has 0 aromatic heterocycles. The fourth-order valence-electron chi connectivity index (χ4n) is 0.779. The Kier molecular flexibility index (Phi) is 3.33. The molecule has 62 valence electrons. The maximum atomic E-state index is 10.4. The van der Waals surface area contributed by atoms with Gasteiger partial charge in [-0.1, -0.05) is 0 Å². The highest BCUT2D eigenvalue weighted by Gasteiger charge is 2.02. The van der Waals surface area contributed by atoms with Crippen molar-refractivity contribution in [2.75, 3.05) is 0 Å². The van der Waals surface area contributed by atoms with Crippen LogP contribution in [0.15, 0.2) is 18.2 Å². The van der Waals surface area contributed by atoms with Crippen LogP contribution in [0, 0.1) is 0 Å². The van der Waals surface area contributed by atoms with Gasteiger partial charge in [-0.3, -0.25) is 9.36 Å². The average Bonchev–Trinajstić information content (AvgIpc) is 2.16. The first-order valence-electron chi connectivity index (χ1n) is 3.11. The standard InChI is InChI=1S/C7H6O3P2/c8-4-5-1-2-6(12-9)3-7(5)10-11/h1-4H,11H2. The van der Waals surface area contributed by atoms with Gasteiger partial charge < -0.3 is 4.52 Å². The molecule has 0 fully saturated rings. The molecule has 0 aliphatic heterocycles. The first kappa shape index (κ1) is 9.31. The molecule has 1 unspecified atom stereocenters. The molecule has 5 heteroatoms. The van der Waals surface area contributed by atoms with Crippen molar-refractivity contribution < 1.29 is 13.9 Å². The van der Waals surface area contributed by atoms with E-state index in [4.69, 9.17) is 4.52 Å². The van der Waals surface area contributed by atoms with Gasteiger partial charge in [0.2, 0.25) is 0 Å². The van der Waals surface area contributed by atoms with E-state index in [9.17, 15) is 9.36 Å². The Balaban J connectivity index is 3.18. The SMILES string of the molecule is O=Cc1ccc(P=O)cc1OP. The van der Waals surface area contributed by atoms with E-state index in [-0.39, 0.29) is 8.46 Å². The van der Waals surface area contributed by atoms with Gasteiger partial charge in [-0.2, -0.15) is 0 Å². The minimum Gasteiger partial charge on any atom is -0.480 e. The van der Waals surface area contributed by atoms with E-state index in [0.29, 0.717) is 22.9 Å². The molecule has 0 amide bonds. The van der Waals surface area contributed by atoms with Crippen molar-refractivity contribution in [3.63, 3.8) is 0 Å². The Hall–Kier alpha value is -0.780.